The molecule has 0 radical (unpaired) electrons. The fourth-order valence-corrected chi connectivity index (χ4v) is 5.38. The number of sulfonamides is 1. The molecule has 1 heterocycles. The summed E-state index contributed by atoms with van der Waals surface area (Å²) in [5.41, 5.74) is 2.05. The van der Waals surface area contributed by atoms with Gasteiger partial charge in [-0.3, -0.25) is 4.79 Å². The second-order valence-electron chi connectivity index (χ2n) is 6.86. The van der Waals surface area contributed by atoms with Crippen molar-refractivity contribution in [2.45, 2.75) is 37.6 Å². The first-order chi connectivity index (χ1) is 13.2. The van der Waals surface area contributed by atoms with Crippen LogP contribution in [0.1, 0.15) is 24.0 Å². The highest BCUT2D eigenvalue weighted by molar-refractivity contribution is 7.89. The van der Waals surface area contributed by atoms with Crippen LogP contribution >= 0.6 is 11.6 Å². The van der Waals surface area contributed by atoms with E-state index in [1.54, 1.807) is 37.3 Å². The number of nitrogens with zero attached hydrogens (tertiary/aromatic N) is 1. The van der Waals surface area contributed by atoms with Gasteiger partial charge < -0.3 is 10.1 Å². The molecule has 2 aromatic carbocycles. The second-order valence-corrected chi connectivity index (χ2v) is 9.12. The first-order valence-corrected chi connectivity index (χ1v) is 10.8. The molecular formula is C20H23ClN2O4S. The molecule has 1 atom stereocenters. The lowest BCUT2D eigenvalue weighted by atomic mass is 10.2. The Morgan fingerprint density at radius 2 is 1.89 bits per heavy atom. The predicted molar refractivity (Wildman–Crippen MR) is 109 cm³/mol. The van der Waals surface area contributed by atoms with Crippen molar-refractivity contribution in [2.24, 2.45) is 0 Å². The molecule has 2 aromatic rings. The monoisotopic (exact) mass is 422 g/mol. The molecule has 28 heavy (non-hydrogen) atoms. The molecule has 1 aliphatic rings. The molecule has 1 fully saturated rings. The Morgan fingerprint density at radius 1 is 1.18 bits per heavy atom. The molecule has 6 nitrogen and oxygen atoms in total. The van der Waals surface area contributed by atoms with Crippen molar-refractivity contribution < 1.29 is 17.9 Å². The first kappa shape index (κ1) is 20.6. The van der Waals surface area contributed by atoms with Gasteiger partial charge in [-0.1, -0.05) is 23.7 Å². The van der Waals surface area contributed by atoms with Crippen molar-refractivity contribution >= 4 is 33.2 Å². The van der Waals surface area contributed by atoms with E-state index in [1.807, 2.05) is 6.92 Å². The summed E-state index contributed by atoms with van der Waals surface area (Å²) in [6, 6.07) is 9.36. The summed E-state index contributed by atoms with van der Waals surface area (Å²) in [6.07, 6.45) is 1.09. The van der Waals surface area contributed by atoms with Crippen molar-refractivity contribution in [1.82, 2.24) is 4.31 Å². The van der Waals surface area contributed by atoms with Gasteiger partial charge in [0.1, 0.15) is 11.8 Å². The molecule has 1 aliphatic heterocycles. The Morgan fingerprint density at radius 3 is 2.57 bits per heavy atom. The van der Waals surface area contributed by atoms with Gasteiger partial charge in [0.05, 0.1) is 12.0 Å². The Kier molecular flexibility index (Phi) is 5.98. The van der Waals surface area contributed by atoms with Crippen LogP contribution in [-0.4, -0.2) is 38.3 Å². The smallest absolute Gasteiger partial charge is 0.244 e. The maximum atomic E-state index is 13.3. The van der Waals surface area contributed by atoms with Crippen molar-refractivity contribution in [2.75, 3.05) is 19.0 Å². The molecule has 0 aliphatic carbocycles. The van der Waals surface area contributed by atoms with Crippen LogP contribution in [0.4, 0.5) is 5.69 Å². The highest BCUT2D eigenvalue weighted by Gasteiger charge is 2.40. The lowest BCUT2D eigenvalue weighted by Crippen LogP contribution is -2.43. The number of carbonyl (C=O) groups is 1. The maximum absolute atomic E-state index is 13.3. The summed E-state index contributed by atoms with van der Waals surface area (Å²) >= 11 is 6.11. The number of hydrogen-bond donors (Lipinski definition) is 1. The van der Waals surface area contributed by atoms with Gasteiger partial charge >= 0.3 is 0 Å². The molecule has 1 saturated heterocycles. The van der Waals surface area contributed by atoms with Gasteiger partial charge in [-0.15, -0.1) is 0 Å². The van der Waals surface area contributed by atoms with E-state index in [1.165, 1.54) is 17.5 Å². The molecule has 0 unspecified atom stereocenters. The van der Waals surface area contributed by atoms with Crippen molar-refractivity contribution in [3.63, 3.8) is 0 Å². The Labute approximate surface area is 170 Å². The summed E-state index contributed by atoms with van der Waals surface area (Å²) in [4.78, 5) is 13.0. The minimum Gasteiger partial charge on any atom is -0.497 e. The number of halogens is 1. The number of amides is 1. The minimum atomic E-state index is -3.84. The lowest BCUT2D eigenvalue weighted by molar-refractivity contribution is -0.119. The van der Waals surface area contributed by atoms with Crippen molar-refractivity contribution in [3.05, 3.63) is 52.5 Å². The second kappa shape index (κ2) is 8.11. The molecule has 0 aromatic heterocycles. The molecule has 8 heteroatoms. The minimum absolute atomic E-state index is 0.157. The van der Waals surface area contributed by atoms with Crippen LogP contribution in [0, 0.1) is 13.8 Å². The summed E-state index contributed by atoms with van der Waals surface area (Å²) < 4.78 is 33.0. The number of benzene rings is 2. The van der Waals surface area contributed by atoms with E-state index in [9.17, 15) is 13.2 Å². The largest absolute Gasteiger partial charge is 0.497 e. The number of aryl methyl sites for hydroxylation is 2. The average molecular weight is 423 g/mol. The number of ether oxygens (including phenoxy) is 1. The molecule has 3 rings (SSSR count). The maximum Gasteiger partial charge on any atom is 0.244 e. The van der Waals surface area contributed by atoms with Crippen molar-refractivity contribution in [3.8, 4) is 5.75 Å². The van der Waals surface area contributed by atoms with E-state index in [2.05, 4.69) is 5.32 Å². The molecule has 1 N–H and O–H groups in total. The highest BCUT2D eigenvalue weighted by atomic mass is 35.5. The zero-order chi connectivity index (χ0) is 20.5. The summed E-state index contributed by atoms with van der Waals surface area (Å²) in [5.74, 6) is 0.0974. The van der Waals surface area contributed by atoms with Crippen LogP contribution < -0.4 is 10.1 Å². The zero-order valence-corrected chi connectivity index (χ0v) is 17.6. The third-order valence-corrected chi connectivity index (χ3v) is 7.39. The highest BCUT2D eigenvalue weighted by Crippen LogP contribution is 2.31. The van der Waals surface area contributed by atoms with E-state index in [0.717, 1.165) is 5.56 Å². The third kappa shape index (κ3) is 4.01. The van der Waals surface area contributed by atoms with Crippen LogP contribution in [0.3, 0.4) is 0 Å². The zero-order valence-electron chi connectivity index (χ0n) is 16.0. The molecule has 0 saturated carbocycles. The van der Waals surface area contributed by atoms with E-state index in [4.69, 9.17) is 16.3 Å². The topological polar surface area (TPSA) is 75.7 Å². The van der Waals surface area contributed by atoms with Gasteiger partial charge in [0, 0.05) is 23.3 Å². The summed E-state index contributed by atoms with van der Waals surface area (Å²) in [5, 5.41) is 3.33. The third-order valence-electron chi connectivity index (χ3n) is 4.93. The summed E-state index contributed by atoms with van der Waals surface area (Å²) in [6.45, 7) is 3.90. The molecule has 1 amide bonds. The lowest BCUT2D eigenvalue weighted by Gasteiger charge is -2.24. The number of hydrogen-bond acceptors (Lipinski definition) is 4. The Hall–Kier alpha value is -2.09. The van der Waals surface area contributed by atoms with Crippen LogP contribution in [0.2, 0.25) is 5.02 Å². The Balaban J connectivity index is 1.87. The number of rotatable bonds is 5. The number of methoxy groups -OCH3 is 1. The molecular weight excluding hydrogens is 400 g/mol. The first-order valence-electron chi connectivity index (χ1n) is 8.97. The predicted octanol–water partition coefficient (Wildman–Crippen LogP) is 3.76. The number of carbonyl (C=O) groups excluding carboxylic acids is 1. The SMILES string of the molecule is COc1ccc(C)c(S(=O)(=O)N2CCC[C@@H]2C(=O)Nc2ccc(C)c(Cl)c2)c1. The van der Waals surface area contributed by atoms with Gasteiger partial charge in [0.15, 0.2) is 0 Å². The van der Waals surface area contributed by atoms with E-state index >= 15 is 0 Å². The molecule has 150 valence electrons. The van der Waals surface area contributed by atoms with E-state index in [0.29, 0.717) is 41.4 Å². The van der Waals surface area contributed by atoms with Crippen LogP contribution in [0.5, 0.6) is 5.75 Å². The van der Waals surface area contributed by atoms with Crippen LogP contribution in [0.15, 0.2) is 41.3 Å². The van der Waals surface area contributed by atoms with Gasteiger partial charge in [0.2, 0.25) is 15.9 Å². The Bertz CT molecular complexity index is 1010. The number of anilines is 1. The van der Waals surface area contributed by atoms with Gasteiger partial charge in [-0.05, 0) is 56.0 Å². The fraction of sp³-hybridized carbons (Fsp3) is 0.350. The fourth-order valence-electron chi connectivity index (χ4n) is 3.30. The quantitative estimate of drug-likeness (QED) is 0.796. The number of nitrogens with one attached hydrogen (secondary N) is 1. The summed E-state index contributed by atoms with van der Waals surface area (Å²) in [7, 11) is -2.35. The van der Waals surface area contributed by atoms with Crippen LogP contribution in [-0.2, 0) is 14.8 Å². The van der Waals surface area contributed by atoms with Crippen LogP contribution in [0.25, 0.3) is 0 Å². The van der Waals surface area contributed by atoms with E-state index in [-0.39, 0.29) is 10.8 Å². The normalized spacial score (nSPS) is 17.5. The molecule has 0 bridgehead atoms. The van der Waals surface area contributed by atoms with Gasteiger partial charge in [-0.2, -0.15) is 4.31 Å². The van der Waals surface area contributed by atoms with E-state index < -0.39 is 16.1 Å². The van der Waals surface area contributed by atoms with Gasteiger partial charge in [-0.25, -0.2) is 8.42 Å². The standard InChI is InChI=1S/C20H23ClN2O4S/c1-13-6-8-15(11-17(13)21)22-20(24)18-5-4-10-23(18)28(25,26)19-12-16(27-3)9-7-14(19)2/h6-9,11-12,18H,4-5,10H2,1-3H3,(H,22,24)/t18-/m1/s1. The molecule has 0 spiro atoms. The van der Waals surface area contributed by atoms with Gasteiger partial charge in [0.25, 0.3) is 0 Å². The average Bonchev–Trinajstić information content (AvgIpc) is 3.16. The van der Waals surface area contributed by atoms with Crippen molar-refractivity contribution in [1.29, 1.82) is 0 Å².